The van der Waals surface area contributed by atoms with Crippen molar-refractivity contribution in [3.8, 4) is 23.0 Å². The van der Waals surface area contributed by atoms with Gasteiger partial charge in [-0.15, -0.1) is 0 Å². The third kappa shape index (κ3) is 5.00. The van der Waals surface area contributed by atoms with Crippen LogP contribution in [0.3, 0.4) is 0 Å². The molecule has 5 nitrogen and oxygen atoms in total. The van der Waals surface area contributed by atoms with Crippen molar-refractivity contribution in [1.82, 2.24) is 5.32 Å². The molecule has 5 heteroatoms. The van der Waals surface area contributed by atoms with Gasteiger partial charge in [0.1, 0.15) is 6.61 Å². The monoisotopic (exact) mass is 391 g/mol. The maximum absolute atomic E-state index is 5.93. The van der Waals surface area contributed by atoms with Crippen LogP contribution in [-0.2, 0) is 19.6 Å². The smallest absolute Gasteiger partial charge is 0.231 e. The van der Waals surface area contributed by atoms with Crippen LogP contribution in [0.5, 0.6) is 23.0 Å². The zero-order valence-corrected chi connectivity index (χ0v) is 16.5. The van der Waals surface area contributed by atoms with Crippen molar-refractivity contribution in [2.24, 2.45) is 0 Å². The van der Waals surface area contributed by atoms with Crippen LogP contribution in [0.4, 0.5) is 0 Å². The van der Waals surface area contributed by atoms with Crippen molar-refractivity contribution in [2.45, 2.75) is 19.6 Å². The molecule has 0 unspecified atom stereocenters. The van der Waals surface area contributed by atoms with E-state index in [0.717, 1.165) is 48.1 Å². The Morgan fingerprint density at radius 3 is 2.52 bits per heavy atom. The van der Waals surface area contributed by atoms with E-state index in [1.54, 1.807) is 7.11 Å². The molecule has 0 radical (unpaired) electrons. The quantitative estimate of drug-likeness (QED) is 0.550. The fourth-order valence-electron chi connectivity index (χ4n) is 3.24. The summed E-state index contributed by atoms with van der Waals surface area (Å²) in [6.45, 7) is 2.47. The Morgan fingerprint density at radius 2 is 1.66 bits per heavy atom. The fraction of sp³-hybridized carbons (Fsp3) is 0.250. The maximum atomic E-state index is 5.93. The van der Waals surface area contributed by atoms with E-state index in [1.165, 1.54) is 11.1 Å². The Balaban J connectivity index is 1.27. The second-order valence-corrected chi connectivity index (χ2v) is 6.87. The molecule has 0 amide bonds. The summed E-state index contributed by atoms with van der Waals surface area (Å²) in [5.74, 6) is 3.15. The highest BCUT2D eigenvalue weighted by Crippen LogP contribution is 2.32. The summed E-state index contributed by atoms with van der Waals surface area (Å²) in [6.07, 6.45) is 0.903. The van der Waals surface area contributed by atoms with Crippen LogP contribution in [0.1, 0.15) is 16.7 Å². The van der Waals surface area contributed by atoms with Gasteiger partial charge in [0.05, 0.1) is 7.11 Å². The van der Waals surface area contributed by atoms with Crippen molar-refractivity contribution in [3.63, 3.8) is 0 Å². The SMILES string of the molecule is COc1cc(CCNCc2ccc3c(c2)OCO3)ccc1OCc1ccccc1. The molecule has 0 saturated heterocycles. The fourth-order valence-corrected chi connectivity index (χ4v) is 3.24. The Kier molecular flexibility index (Phi) is 6.17. The number of hydrogen-bond donors (Lipinski definition) is 1. The van der Waals surface area contributed by atoms with Crippen LogP contribution in [-0.4, -0.2) is 20.4 Å². The van der Waals surface area contributed by atoms with Gasteiger partial charge in [-0.05, 0) is 53.9 Å². The first-order valence-electron chi connectivity index (χ1n) is 9.75. The molecule has 1 aliphatic heterocycles. The predicted octanol–water partition coefficient (Wildman–Crippen LogP) is 4.34. The molecule has 0 bridgehead atoms. The van der Waals surface area contributed by atoms with Gasteiger partial charge in [-0.3, -0.25) is 0 Å². The van der Waals surface area contributed by atoms with E-state index in [-0.39, 0.29) is 0 Å². The first-order chi connectivity index (χ1) is 14.3. The highest BCUT2D eigenvalue weighted by molar-refractivity contribution is 5.45. The Morgan fingerprint density at radius 1 is 0.828 bits per heavy atom. The average molecular weight is 391 g/mol. The van der Waals surface area contributed by atoms with Crippen LogP contribution >= 0.6 is 0 Å². The molecular weight excluding hydrogens is 366 g/mol. The molecule has 0 aromatic heterocycles. The number of ether oxygens (including phenoxy) is 4. The zero-order chi connectivity index (χ0) is 19.9. The average Bonchev–Trinajstić information content (AvgIpc) is 3.24. The van der Waals surface area contributed by atoms with Gasteiger partial charge >= 0.3 is 0 Å². The zero-order valence-electron chi connectivity index (χ0n) is 16.5. The summed E-state index contributed by atoms with van der Waals surface area (Å²) in [5.41, 5.74) is 3.51. The standard InChI is InChI=1S/C24H25NO4/c1-26-23-13-18(7-9-21(23)27-16-19-5-3-2-4-6-19)11-12-25-15-20-8-10-22-24(14-20)29-17-28-22/h2-10,13-14,25H,11-12,15-17H2,1H3. The highest BCUT2D eigenvalue weighted by Gasteiger charge is 2.13. The van der Waals surface area contributed by atoms with Crippen LogP contribution in [0.15, 0.2) is 66.7 Å². The second kappa shape index (κ2) is 9.34. The summed E-state index contributed by atoms with van der Waals surface area (Å²) < 4.78 is 22.2. The third-order valence-corrected chi connectivity index (χ3v) is 4.82. The number of rotatable bonds is 9. The van der Waals surface area contributed by atoms with E-state index >= 15 is 0 Å². The summed E-state index contributed by atoms with van der Waals surface area (Å²) in [5, 5.41) is 3.47. The first-order valence-corrected chi connectivity index (χ1v) is 9.75. The van der Waals surface area contributed by atoms with Crippen molar-refractivity contribution in [1.29, 1.82) is 0 Å². The van der Waals surface area contributed by atoms with Gasteiger partial charge in [-0.1, -0.05) is 42.5 Å². The number of benzene rings is 3. The van der Waals surface area contributed by atoms with E-state index in [9.17, 15) is 0 Å². The highest BCUT2D eigenvalue weighted by atomic mass is 16.7. The van der Waals surface area contributed by atoms with Gasteiger partial charge < -0.3 is 24.3 Å². The van der Waals surface area contributed by atoms with Crippen LogP contribution in [0.2, 0.25) is 0 Å². The molecule has 29 heavy (non-hydrogen) atoms. The molecule has 1 N–H and O–H groups in total. The van der Waals surface area contributed by atoms with E-state index in [4.69, 9.17) is 18.9 Å². The Labute approximate surface area is 171 Å². The largest absolute Gasteiger partial charge is 0.493 e. The Hall–Kier alpha value is -3.18. The first kappa shape index (κ1) is 19.2. The number of fused-ring (bicyclic) bond motifs is 1. The third-order valence-electron chi connectivity index (χ3n) is 4.82. The summed E-state index contributed by atoms with van der Waals surface area (Å²) in [4.78, 5) is 0. The van der Waals surface area contributed by atoms with Crippen LogP contribution < -0.4 is 24.3 Å². The minimum absolute atomic E-state index is 0.305. The number of methoxy groups -OCH3 is 1. The van der Waals surface area contributed by atoms with E-state index in [2.05, 4.69) is 17.4 Å². The number of nitrogens with one attached hydrogen (secondary N) is 1. The molecule has 1 heterocycles. The lowest BCUT2D eigenvalue weighted by Crippen LogP contribution is -2.16. The molecule has 0 spiro atoms. The number of hydrogen-bond acceptors (Lipinski definition) is 5. The molecule has 0 saturated carbocycles. The molecule has 0 aliphatic carbocycles. The minimum Gasteiger partial charge on any atom is -0.493 e. The van der Waals surface area contributed by atoms with Crippen LogP contribution in [0.25, 0.3) is 0 Å². The van der Waals surface area contributed by atoms with Gasteiger partial charge in [-0.25, -0.2) is 0 Å². The lowest BCUT2D eigenvalue weighted by Gasteiger charge is -2.13. The molecule has 0 fully saturated rings. The maximum Gasteiger partial charge on any atom is 0.231 e. The molecule has 150 valence electrons. The minimum atomic E-state index is 0.305. The predicted molar refractivity (Wildman–Crippen MR) is 112 cm³/mol. The van der Waals surface area contributed by atoms with Crippen molar-refractivity contribution in [2.75, 3.05) is 20.4 Å². The van der Waals surface area contributed by atoms with Gasteiger partial charge in [0, 0.05) is 6.54 Å². The van der Waals surface area contributed by atoms with E-state index in [0.29, 0.717) is 13.4 Å². The van der Waals surface area contributed by atoms with Crippen molar-refractivity contribution >= 4 is 0 Å². The van der Waals surface area contributed by atoms with Gasteiger partial charge in [0.2, 0.25) is 6.79 Å². The second-order valence-electron chi connectivity index (χ2n) is 6.87. The molecule has 3 aromatic rings. The van der Waals surface area contributed by atoms with Crippen LogP contribution in [0, 0.1) is 0 Å². The lowest BCUT2D eigenvalue weighted by molar-refractivity contribution is 0.174. The molecule has 3 aromatic carbocycles. The van der Waals surface area contributed by atoms with Crippen molar-refractivity contribution in [3.05, 3.63) is 83.4 Å². The Bertz CT molecular complexity index is 943. The van der Waals surface area contributed by atoms with Gasteiger partial charge in [0.15, 0.2) is 23.0 Å². The van der Waals surface area contributed by atoms with Crippen molar-refractivity contribution < 1.29 is 18.9 Å². The molecular formula is C24H25NO4. The summed E-state index contributed by atoms with van der Waals surface area (Å²) in [6, 6.07) is 22.3. The molecule has 1 aliphatic rings. The van der Waals surface area contributed by atoms with Gasteiger partial charge in [0.25, 0.3) is 0 Å². The normalized spacial score (nSPS) is 12.0. The van der Waals surface area contributed by atoms with E-state index < -0.39 is 0 Å². The molecule has 4 rings (SSSR count). The topological polar surface area (TPSA) is 49.0 Å². The summed E-state index contributed by atoms with van der Waals surface area (Å²) in [7, 11) is 1.67. The molecule has 0 atom stereocenters. The lowest BCUT2D eigenvalue weighted by atomic mass is 10.1. The van der Waals surface area contributed by atoms with E-state index in [1.807, 2.05) is 54.6 Å². The van der Waals surface area contributed by atoms with Gasteiger partial charge in [-0.2, -0.15) is 0 Å². The summed E-state index contributed by atoms with van der Waals surface area (Å²) >= 11 is 0.